The van der Waals surface area contributed by atoms with Gasteiger partial charge >= 0.3 is 0 Å². The van der Waals surface area contributed by atoms with Crippen molar-refractivity contribution in [2.75, 3.05) is 39.8 Å². The van der Waals surface area contributed by atoms with E-state index in [1.807, 2.05) is 14.0 Å². The largest absolute Gasteiger partial charge is 0.395 e. The molecule has 0 spiro atoms. The van der Waals surface area contributed by atoms with Crippen LogP contribution < -0.4 is 0 Å². The van der Waals surface area contributed by atoms with Crippen LogP contribution in [-0.4, -0.2) is 54.7 Å². The quantitative estimate of drug-likeness (QED) is 0.875. The zero-order valence-corrected chi connectivity index (χ0v) is 13.4. The maximum atomic E-state index is 13.9. The molecule has 0 unspecified atom stereocenters. The zero-order valence-electron chi connectivity index (χ0n) is 13.4. The maximum absolute atomic E-state index is 13.9. The normalized spacial score (nSPS) is 18.8. The van der Waals surface area contributed by atoms with E-state index in [0.29, 0.717) is 11.5 Å². The van der Waals surface area contributed by atoms with Crippen molar-refractivity contribution in [3.63, 3.8) is 0 Å². The van der Waals surface area contributed by atoms with Gasteiger partial charge in [-0.1, -0.05) is 0 Å². The summed E-state index contributed by atoms with van der Waals surface area (Å²) >= 11 is 0. The fourth-order valence-corrected chi connectivity index (χ4v) is 3.17. The molecule has 22 heavy (non-hydrogen) atoms. The molecule has 124 valence electrons. The number of hydrogen-bond acceptors (Lipinski definition) is 3. The van der Waals surface area contributed by atoms with Crippen LogP contribution in [0.25, 0.3) is 0 Å². The molecule has 2 rings (SSSR count). The fourth-order valence-electron chi connectivity index (χ4n) is 3.17. The number of piperidine rings is 1. The van der Waals surface area contributed by atoms with Gasteiger partial charge in [-0.15, -0.1) is 0 Å². The summed E-state index contributed by atoms with van der Waals surface area (Å²) < 4.78 is 27.2. The van der Waals surface area contributed by atoms with Crippen LogP contribution in [0.2, 0.25) is 0 Å². The van der Waals surface area contributed by atoms with Gasteiger partial charge in [-0.25, -0.2) is 8.78 Å². The lowest BCUT2D eigenvalue weighted by atomic mass is 9.95. The standard InChI is InChI=1S/C17H26F2N2O/c1-13(16-11-15(18)3-4-17(16)19)20(2)12-14-5-7-21(8-6-14)9-10-22/h3-4,11,13-14,22H,5-10,12H2,1-2H3/t13-/m0/s1. The Kier molecular flexibility index (Phi) is 6.29. The van der Waals surface area contributed by atoms with Crippen LogP contribution in [0.4, 0.5) is 8.78 Å². The van der Waals surface area contributed by atoms with Crippen molar-refractivity contribution in [1.29, 1.82) is 0 Å². The number of halogens is 2. The SMILES string of the molecule is C[C@@H](c1cc(F)ccc1F)N(C)CC1CCN(CCO)CC1. The Bertz CT molecular complexity index is 476. The first kappa shape index (κ1) is 17.3. The predicted octanol–water partition coefficient (Wildman–Crippen LogP) is 2.66. The second kappa shape index (κ2) is 7.99. The molecule has 1 N–H and O–H groups in total. The number of aliphatic hydroxyl groups is 1. The first-order valence-electron chi connectivity index (χ1n) is 7.99. The van der Waals surface area contributed by atoms with Gasteiger partial charge < -0.3 is 10.0 Å². The lowest BCUT2D eigenvalue weighted by Crippen LogP contribution is -2.39. The molecule has 0 aromatic heterocycles. The van der Waals surface area contributed by atoms with Crippen LogP contribution in [0.5, 0.6) is 0 Å². The third-order valence-corrected chi connectivity index (χ3v) is 4.74. The van der Waals surface area contributed by atoms with Gasteiger partial charge in [0.25, 0.3) is 0 Å². The van der Waals surface area contributed by atoms with Gasteiger partial charge in [-0.2, -0.15) is 0 Å². The van der Waals surface area contributed by atoms with E-state index in [-0.39, 0.29) is 18.5 Å². The minimum absolute atomic E-state index is 0.147. The van der Waals surface area contributed by atoms with Gasteiger partial charge in [0.05, 0.1) is 6.61 Å². The summed E-state index contributed by atoms with van der Waals surface area (Å²) in [7, 11) is 1.97. The molecular weight excluding hydrogens is 286 g/mol. The summed E-state index contributed by atoms with van der Waals surface area (Å²) in [5.41, 5.74) is 0.417. The van der Waals surface area contributed by atoms with Crippen molar-refractivity contribution in [2.45, 2.75) is 25.8 Å². The molecule has 1 heterocycles. The highest BCUT2D eigenvalue weighted by molar-refractivity contribution is 5.21. The van der Waals surface area contributed by atoms with Crippen LogP contribution in [0.3, 0.4) is 0 Å². The van der Waals surface area contributed by atoms with E-state index in [1.54, 1.807) is 0 Å². The van der Waals surface area contributed by atoms with Gasteiger partial charge in [-0.05, 0) is 64.0 Å². The Hall–Kier alpha value is -1.04. The summed E-state index contributed by atoms with van der Waals surface area (Å²) in [5, 5.41) is 8.96. The van der Waals surface area contributed by atoms with Crippen molar-refractivity contribution in [1.82, 2.24) is 9.80 Å². The number of benzene rings is 1. The van der Waals surface area contributed by atoms with Gasteiger partial charge in [0.15, 0.2) is 0 Å². The second-order valence-corrected chi connectivity index (χ2v) is 6.29. The molecule has 0 aliphatic carbocycles. The highest BCUT2D eigenvalue weighted by Gasteiger charge is 2.23. The Labute approximate surface area is 131 Å². The molecule has 1 aliphatic rings. The molecule has 0 amide bonds. The fraction of sp³-hybridized carbons (Fsp3) is 0.647. The van der Waals surface area contributed by atoms with Crippen LogP contribution in [-0.2, 0) is 0 Å². The van der Waals surface area contributed by atoms with Crippen LogP contribution in [0, 0.1) is 17.6 Å². The van der Waals surface area contributed by atoms with E-state index < -0.39 is 5.82 Å². The number of aliphatic hydroxyl groups excluding tert-OH is 1. The smallest absolute Gasteiger partial charge is 0.128 e. The first-order valence-corrected chi connectivity index (χ1v) is 7.99. The highest BCUT2D eigenvalue weighted by atomic mass is 19.1. The van der Waals surface area contributed by atoms with E-state index in [0.717, 1.165) is 45.1 Å². The van der Waals surface area contributed by atoms with Gasteiger partial charge in [-0.3, -0.25) is 4.90 Å². The minimum Gasteiger partial charge on any atom is -0.395 e. The van der Waals surface area contributed by atoms with Crippen molar-refractivity contribution < 1.29 is 13.9 Å². The van der Waals surface area contributed by atoms with Crippen molar-refractivity contribution in [3.05, 3.63) is 35.4 Å². The number of likely N-dealkylation sites (tertiary alicyclic amines) is 1. The van der Waals surface area contributed by atoms with E-state index in [4.69, 9.17) is 5.11 Å². The van der Waals surface area contributed by atoms with Crippen LogP contribution in [0.15, 0.2) is 18.2 Å². The van der Waals surface area contributed by atoms with Crippen molar-refractivity contribution in [3.8, 4) is 0 Å². The summed E-state index contributed by atoms with van der Waals surface area (Å²) in [6, 6.07) is 3.50. The predicted molar refractivity (Wildman–Crippen MR) is 83.7 cm³/mol. The molecule has 1 atom stereocenters. The van der Waals surface area contributed by atoms with Gasteiger partial charge in [0.2, 0.25) is 0 Å². The average molecular weight is 312 g/mol. The monoisotopic (exact) mass is 312 g/mol. The molecule has 0 saturated carbocycles. The molecule has 1 aliphatic heterocycles. The summed E-state index contributed by atoms with van der Waals surface area (Å²) in [5.74, 6) is -0.175. The molecule has 1 aromatic carbocycles. The Morgan fingerprint density at radius 3 is 2.64 bits per heavy atom. The molecule has 5 heteroatoms. The number of rotatable bonds is 6. The van der Waals surface area contributed by atoms with Crippen molar-refractivity contribution >= 4 is 0 Å². The molecular formula is C17H26F2N2O. The number of nitrogens with zero attached hydrogens (tertiary/aromatic N) is 2. The van der Waals surface area contributed by atoms with Crippen molar-refractivity contribution in [2.24, 2.45) is 5.92 Å². The van der Waals surface area contributed by atoms with Crippen LogP contribution >= 0.6 is 0 Å². The average Bonchev–Trinajstić information content (AvgIpc) is 2.51. The maximum Gasteiger partial charge on any atom is 0.128 e. The topological polar surface area (TPSA) is 26.7 Å². The van der Waals surface area contributed by atoms with Gasteiger partial charge in [0, 0.05) is 24.7 Å². The highest BCUT2D eigenvalue weighted by Crippen LogP contribution is 2.26. The third kappa shape index (κ3) is 4.48. The first-order chi connectivity index (χ1) is 10.5. The summed E-state index contributed by atoms with van der Waals surface area (Å²) in [4.78, 5) is 4.37. The Morgan fingerprint density at radius 1 is 1.32 bits per heavy atom. The molecule has 1 aromatic rings. The Morgan fingerprint density at radius 2 is 2.00 bits per heavy atom. The van der Waals surface area contributed by atoms with Gasteiger partial charge in [0.1, 0.15) is 11.6 Å². The lowest BCUT2D eigenvalue weighted by molar-refractivity contribution is 0.120. The number of hydrogen-bond donors (Lipinski definition) is 1. The minimum atomic E-state index is -0.394. The van der Waals surface area contributed by atoms with Crippen LogP contribution in [0.1, 0.15) is 31.4 Å². The molecule has 3 nitrogen and oxygen atoms in total. The zero-order chi connectivity index (χ0) is 16.1. The van der Waals surface area contributed by atoms with E-state index in [9.17, 15) is 8.78 Å². The Balaban J connectivity index is 1.89. The lowest BCUT2D eigenvalue weighted by Gasteiger charge is -2.35. The summed E-state index contributed by atoms with van der Waals surface area (Å²) in [6.07, 6.45) is 2.17. The molecule has 0 bridgehead atoms. The molecule has 0 radical (unpaired) electrons. The molecule has 1 fully saturated rings. The number of β-amino-alcohol motifs (C(OH)–C–C–N with tert-alkyl or cyclic N) is 1. The second-order valence-electron chi connectivity index (χ2n) is 6.29. The molecule has 1 saturated heterocycles. The van der Waals surface area contributed by atoms with E-state index >= 15 is 0 Å². The summed E-state index contributed by atoms with van der Waals surface area (Å²) in [6.45, 7) is 5.75. The van der Waals surface area contributed by atoms with E-state index in [2.05, 4.69) is 9.80 Å². The third-order valence-electron chi connectivity index (χ3n) is 4.74. The van der Waals surface area contributed by atoms with E-state index in [1.165, 1.54) is 12.1 Å².